The molecule has 1 unspecified atom stereocenters. The summed E-state index contributed by atoms with van der Waals surface area (Å²) in [5.41, 5.74) is 0.206. The Hall–Kier alpha value is -2.30. The lowest BCUT2D eigenvalue weighted by molar-refractivity contribution is 0.486. The van der Waals surface area contributed by atoms with Crippen LogP contribution >= 0.6 is 0 Å². The lowest BCUT2D eigenvalue weighted by Gasteiger charge is -2.17. The van der Waals surface area contributed by atoms with Crippen LogP contribution in [0.4, 0.5) is 5.82 Å². The Morgan fingerprint density at radius 3 is 2.48 bits per heavy atom. The van der Waals surface area contributed by atoms with E-state index in [0.29, 0.717) is 5.82 Å². The molecule has 1 atom stereocenters. The quantitative estimate of drug-likeness (QED) is 0.905. The molecule has 1 aromatic heterocycles. The number of nitrogens with one attached hydrogen (secondary N) is 2. The van der Waals surface area contributed by atoms with Gasteiger partial charge in [-0.05, 0) is 32.3 Å². The highest BCUT2D eigenvalue weighted by molar-refractivity contribution is 5.36. The van der Waals surface area contributed by atoms with Crippen LogP contribution in [0.1, 0.15) is 38.3 Å². The van der Waals surface area contributed by atoms with Crippen molar-refractivity contribution in [3.05, 3.63) is 62.8 Å². The second kappa shape index (κ2) is 4.91. The maximum Gasteiger partial charge on any atom is 0.330 e. The van der Waals surface area contributed by atoms with Crippen molar-refractivity contribution in [2.45, 2.75) is 38.3 Å². The molecular weight excluding hydrogens is 266 g/mol. The molecule has 0 amide bonds. The van der Waals surface area contributed by atoms with Gasteiger partial charge < -0.3 is 5.32 Å². The average molecular weight is 285 g/mol. The van der Waals surface area contributed by atoms with Gasteiger partial charge in [0.25, 0.3) is 5.56 Å². The summed E-state index contributed by atoms with van der Waals surface area (Å²) < 4.78 is 1.32. The Labute approximate surface area is 122 Å². The van der Waals surface area contributed by atoms with Crippen LogP contribution < -0.4 is 16.6 Å². The molecule has 1 heterocycles. The summed E-state index contributed by atoms with van der Waals surface area (Å²) in [6.45, 7) is 3.92. The summed E-state index contributed by atoms with van der Waals surface area (Å²) in [5.74, 6) is 0.460. The first-order valence-corrected chi connectivity index (χ1v) is 7.18. The molecule has 21 heavy (non-hydrogen) atoms. The fourth-order valence-corrected chi connectivity index (χ4v) is 2.55. The monoisotopic (exact) mass is 285 g/mol. The normalized spacial score (nSPS) is 17.2. The number of H-pyrrole nitrogens is 1. The predicted octanol–water partition coefficient (Wildman–Crippen LogP) is 2.22. The van der Waals surface area contributed by atoms with Gasteiger partial charge in [-0.1, -0.05) is 30.3 Å². The van der Waals surface area contributed by atoms with Crippen molar-refractivity contribution in [3.8, 4) is 0 Å². The van der Waals surface area contributed by atoms with Crippen molar-refractivity contribution in [2.24, 2.45) is 0 Å². The molecule has 5 nitrogen and oxygen atoms in total. The second-order valence-corrected chi connectivity index (χ2v) is 5.94. The van der Waals surface area contributed by atoms with Crippen LogP contribution in [0.3, 0.4) is 0 Å². The zero-order valence-corrected chi connectivity index (χ0v) is 12.2. The van der Waals surface area contributed by atoms with Gasteiger partial charge in [-0.15, -0.1) is 0 Å². The molecule has 0 aliphatic heterocycles. The van der Waals surface area contributed by atoms with Gasteiger partial charge in [0.05, 0.1) is 5.54 Å². The molecule has 1 aromatic carbocycles. The molecule has 3 rings (SSSR count). The third-order valence-corrected chi connectivity index (χ3v) is 4.12. The van der Waals surface area contributed by atoms with E-state index in [0.717, 1.165) is 18.4 Å². The minimum absolute atomic E-state index is 0.00797. The van der Waals surface area contributed by atoms with Crippen LogP contribution in [0.15, 0.2) is 46.0 Å². The highest BCUT2D eigenvalue weighted by Crippen LogP contribution is 2.40. The summed E-state index contributed by atoms with van der Waals surface area (Å²) in [6.07, 6.45) is 1.76. The van der Waals surface area contributed by atoms with Gasteiger partial charge in [-0.25, -0.2) is 4.79 Å². The topological polar surface area (TPSA) is 66.9 Å². The minimum atomic E-state index is -0.342. The summed E-state index contributed by atoms with van der Waals surface area (Å²) in [4.78, 5) is 27.1. The Bertz CT molecular complexity index is 726. The van der Waals surface area contributed by atoms with Gasteiger partial charge in [0, 0.05) is 12.1 Å². The largest absolute Gasteiger partial charge is 0.365 e. The fraction of sp³-hybridized carbons (Fsp3) is 0.375. The summed E-state index contributed by atoms with van der Waals surface area (Å²) in [5, 5.41) is 3.17. The number of hydrogen-bond donors (Lipinski definition) is 2. The predicted molar refractivity (Wildman–Crippen MR) is 82.7 cm³/mol. The molecule has 0 radical (unpaired) electrons. The molecule has 2 aromatic rings. The van der Waals surface area contributed by atoms with Crippen LogP contribution in [0.2, 0.25) is 0 Å². The number of aromatic nitrogens is 2. The lowest BCUT2D eigenvalue weighted by atomic mass is 10.1. The maximum absolute atomic E-state index is 12.2. The van der Waals surface area contributed by atoms with E-state index in [9.17, 15) is 9.59 Å². The van der Waals surface area contributed by atoms with Crippen LogP contribution in [0, 0.1) is 0 Å². The van der Waals surface area contributed by atoms with Gasteiger partial charge in [0.1, 0.15) is 5.82 Å². The van der Waals surface area contributed by atoms with E-state index in [4.69, 9.17) is 0 Å². The molecular formula is C16H19N3O2. The Kier molecular flexibility index (Phi) is 3.20. The van der Waals surface area contributed by atoms with Crippen molar-refractivity contribution in [1.82, 2.24) is 9.55 Å². The van der Waals surface area contributed by atoms with Gasteiger partial charge in [0.2, 0.25) is 0 Å². The standard InChI is InChI=1S/C16H19N3O2/c1-11(12-6-4-3-5-7-12)17-13-10-14(20)19(15(21)18-13)16(2)8-9-16/h3-7,10-11,17H,8-9H2,1-2H3,(H,18,21). The smallest absolute Gasteiger partial charge is 0.330 e. The van der Waals surface area contributed by atoms with E-state index in [1.54, 1.807) is 0 Å². The Balaban J connectivity index is 1.88. The molecule has 2 N–H and O–H groups in total. The first kappa shape index (κ1) is 13.7. The van der Waals surface area contributed by atoms with E-state index < -0.39 is 0 Å². The van der Waals surface area contributed by atoms with E-state index >= 15 is 0 Å². The molecule has 1 fully saturated rings. The summed E-state index contributed by atoms with van der Waals surface area (Å²) in [7, 11) is 0. The Morgan fingerprint density at radius 1 is 1.24 bits per heavy atom. The number of anilines is 1. The zero-order chi connectivity index (χ0) is 15.0. The third kappa shape index (κ3) is 2.63. The van der Waals surface area contributed by atoms with E-state index in [1.165, 1.54) is 10.6 Å². The number of hydrogen-bond acceptors (Lipinski definition) is 3. The van der Waals surface area contributed by atoms with Gasteiger partial charge in [-0.2, -0.15) is 0 Å². The number of rotatable bonds is 4. The van der Waals surface area contributed by atoms with E-state index in [1.807, 2.05) is 44.2 Å². The van der Waals surface area contributed by atoms with E-state index in [2.05, 4.69) is 10.3 Å². The number of aromatic amines is 1. The molecule has 1 aliphatic rings. The molecule has 1 aliphatic carbocycles. The Morgan fingerprint density at radius 2 is 1.90 bits per heavy atom. The van der Waals surface area contributed by atoms with Crippen molar-refractivity contribution in [1.29, 1.82) is 0 Å². The second-order valence-electron chi connectivity index (χ2n) is 5.94. The maximum atomic E-state index is 12.2. The fourth-order valence-electron chi connectivity index (χ4n) is 2.55. The highest BCUT2D eigenvalue weighted by atomic mass is 16.2. The highest BCUT2D eigenvalue weighted by Gasteiger charge is 2.41. The van der Waals surface area contributed by atoms with Crippen molar-refractivity contribution >= 4 is 5.82 Å². The van der Waals surface area contributed by atoms with Crippen LogP contribution in [-0.4, -0.2) is 9.55 Å². The van der Waals surface area contributed by atoms with Gasteiger partial charge >= 0.3 is 5.69 Å². The average Bonchev–Trinajstić information content (AvgIpc) is 3.17. The van der Waals surface area contributed by atoms with Crippen LogP contribution in [0.25, 0.3) is 0 Å². The van der Waals surface area contributed by atoms with Crippen molar-refractivity contribution in [3.63, 3.8) is 0 Å². The summed E-state index contributed by atoms with van der Waals surface area (Å²) in [6, 6.07) is 11.4. The molecule has 110 valence electrons. The summed E-state index contributed by atoms with van der Waals surface area (Å²) >= 11 is 0. The van der Waals surface area contributed by atoms with E-state index in [-0.39, 0.29) is 22.8 Å². The van der Waals surface area contributed by atoms with Gasteiger partial charge in [0.15, 0.2) is 0 Å². The molecule has 5 heteroatoms. The van der Waals surface area contributed by atoms with Crippen LogP contribution in [0.5, 0.6) is 0 Å². The van der Waals surface area contributed by atoms with Crippen molar-refractivity contribution < 1.29 is 0 Å². The number of benzene rings is 1. The van der Waals surface area contributed by atoms with Crippen molar-refractivity contribution in [2.75, 3.05) is 5.32 Å². The SMILES string of the molecule is CC(Nc1cc(=O)n(C2(C)CC2)c(=O)[nH]1)c1ccccc1. The minimum Gasteiger partial charge on any atom is -0.365 e. The van der Waals surface area contributed by atoms with Gasteiger partial charge in [-0.3, -0.25) is 14.3 Å². The first-order chi connectivity index (χ1) is 9.99. The zero-order valence-electron chi connectivity index (χ0n) is 12.2. The lowest BCUT2D eigenvalue weighted by Crippen LogP contribution is -2.41. The molecule has 0 saturated heterocycles. The number of nitrogens with zero attached hydrogens (tertiary/aromatic N) is 1. The third-order valence-electron chi connectivity index (χ3n) is 4.12. The molecule has 0 bridgehead atoms. The van der Waals surface area contributed by atoms with Crippen LogP contribution in [-0.2, 0) is 5.54 Å². The molecule has 1 saturated carbocycles. The first-order valence-electron chi connectivity index (χ1n) is 7.18. The molecule has 0 spiro atoms.